The zero-order valence-electron chi connectivity index (χ0n) is 30.4. The third-order valence-corrected chi connectivity index (χ3v) is 10.2. The van der Waals surface area contributed by atoms with Gasteiger partial charge in [0.05, 0.1) is 22.7 Å². The maximum atomic E-state index is 6.78. The van der Waals surface area contributed by atoms with Gasteiger partial charge in [0.2, 0.25) is 0 Å². The Kier molecular flexibility index (Phi) is 7.90. The Morgan fingerprint density at radius 1 is 0.420 bits per heavy atom. The summed E-state index contributed by atoms with van der Waals surface area (Å²) in [5.41, 5.74) is 11.7. The van der Waals surface area contributed by atoms with E-state index in [-0.39, 0.29) is 0 Å². The summed E-state index contributed by atoms with van der Waals surface area (Å²) in [5.74, 6) is 4.52. The van der Waals surface area contributed by atoms with E-state index in [0.717, 1.165) is 51.8 Å². The zero-order valence-corrected chi connectivity index (χ0v) is 30.4. The predicted molar refractivity (Wildman–Crippen MR) is 207 cm³/mol. The molecule has 3 heterocycles. The summed E-state index contributed by atoms with van der Waals surface area (Å²) in [7, 11) is 0. The van der Waals surface area contributed by atoms with Gasteiger partial charge in [0.25, 0.3) is 0 Å². The number of para-hydroxylation sites is 6. The zero-order chi connectivity index (χ0) is 34.8. The molecule has 0 unspecified atom stereocenters. The van der Waals surface area contributed by atoms with Gasteiger partial charge in [0, 0.05) is 18.0 Å². The molecule has 0 atom stereocenters. The summed E-state index contributed by atoms with van der Waals surface area (Å²) in [5, 5.41) is 0. The molecule has 0 fully saturated rings. The van der Waals surface area contributed by atoms with Crippen LogP contribution in [0, 0.1) is 6.17 Å². The lowest BCUT2D eigenvalue weighted by Gasteiger charge is -2.40. The quantitative estimate of drug-likeness (QED) is 0.170. The third-order valence-electron chi connectivity index (χ3n) is 10.2. The van der Waals surface area contributed by atoms with Gasteiger partial charge in [0.1, 0.15) is 5.69 Å². The van der Waals surface area contributed by atoms with Gasteiger partial charge in [-0.15, -0.1) is 0 Å². The van der Waals surface area contributed by atoms with Crippen LogP contribution in [0.25, 0.3) is 0 Å². The van der Waals surface area contributed by atoms with Gasteiger partial charge in [-0.05, 0) is 82.3 Å². The minimum Gasteiger partial charge on any atom is -0.453 e. The summed E-state index contributed by atoms with van der Waals surface area (Å²) >= 11 is 0. The molecule has 5 aromatic rings. The minimum atomic E-state index is 0.333. The molecule has 5 heteroatoms. The van der Waals surface area contributed by atoms with Crippen molar-refractivity contribution < 1.29 is 9.47 Å². The van der Waals surface area contributed by atoms with E-state index >= 15 is 0 Å². The average molecular weight is 661 g/mol. The van der Waals surface area contributed by atoms with Gasteiger partial charge in [-0.25, -0.2) is 0 Å². The first-order valence-electron chi connectivity index (χ1n) is 18.1. The van der Waals surface area contributed by atoms with Crippen molar-refractivity contribution in [3.05, 3.63) is 143 Å². The van der Waals surface area contributed by atoms with E-state index in [4.69, 9.17) is 9.47 Å². The highest BCUT2D eigenvalue weighted by molar-refractivity contribution is 5.94. The molecular formula is C45H46N3O2. The van der Waals surface area contributed by atoms with Crippen LogP contribution in [0.1, 0.15) is 107 Å². The molecule has 0 saturated carbocycles. The Hall–Kier alpha value is -5.16. The Balaban J connectivity index is 1.39. The van der Waals surface area contributed by atoms with Crippen LogP contribution in [0.15, 0.2) is 109 Å². The molecule has 8 rings (SSSR count). The fourth-order valence-corrected chi connectivity index (χ4v) is 7.76. The fourth-order valence-electron chi connectivity index (χ4n) is 7.76. The first kappa shape index (κ1) is 32.1. The van der Waals surface area contributed by atoms with Gasteiger partial charge < -0.3 is 19.3 Å². The van der Waals surface area contributed by atoms with E-state index in [0.29, 0.717) is 23.7 Å². The number of benzene rings is 5. The highest BCUT2D eigenvalue weighted by Crippen LogP contribution is 2.61. The summed E-state index contributed by atoms with van der Waals surface area (Å²) < 4.78 is 13.6. The van der Waals surface area contributed by atoms with E-state index in [1.807, 2.05) is 24.3 Å². The van der Waals surface area contributed by atoms with E-state index in [1.54, 1.807) is 0 Å². The molecule has 0 aromatic heterocycles. The van der Waals surface area contributed by atoms with Crippen LogP contribution in [0.4, 0.5) is 28.4 Å². The molecule has 5 nitrogen and oxygen atoms in total. The molecule has 0 bridgehead atoms. The second kappa shape index (κ2) is 12.3. The molecule has 0 amide bonds. The molecule has 0 aliphatic carbocycles. The smallest absolute Gasteiger partial charge is 0.196 e. The molecular weight excluding hydrogens is 615 g/mol. The monoisotopic (exact) mass is 660 g/mol. The molecule has 0 spiro atoms. The van der Waals surface area contributed by atoms with Crippen molar-refractivity contribution in [2.45, 2.75) is 79.1 Å². The van der Waals surface area contributed by atoms with Gasteiger partial charge in [0.15, 0.2) is 29.2 Å². The number of anilines is 5. The van der Waals surface area contributed by atoms with Crippen LogP contribution >= 0.6 is 0 Å². The number of hydrogen-bond donors (Lipinski definition) is 0. The number of hydrogen-bond acceptors (Lipinski definition) is 5. The van der Waals surface area contributed by atoms with Crippen molar-refractivity contribution in [3.63, 3.8) is 0 Å². The van der Waals surface area contributed by atoms with E-state index in [2.05, 4.69) is 155 Å². The van der Waals surface area contributed by atoms with E-state index < -0.39 is 0 Å². The van der Waals surface area contributed by atoms with Gasteiger partial charge >= 0.3 is 0 Å². The molecule has 3 aliphatic rings. The lowest BCUT2D eigenvalue weighted by molar-refractivity contribution is 0.445. The minimum absolute atomic E-state index is 0.333. The fraction of sp³-hybridized carbons (Fsp3) is 0.267. The standard InChI is InChI=1S/C45H46N3O2/c1-27(2)32-15-13-16-33(28(3)4)42(32)46-23-24-47(43-34(29(5)6)17-14-18-35(43)30(7)8)45(46)31-25-40-44-41(26-31)50-39-22-12-10-20-37(39)48(44)36-19-9-11-21-38(36)49-40/h9-30H,1-8H3. The van der Waals surface area contributed by atoms with E-state index in [1.165, 1.54) is 33.6 Å². The van der Waals surface area contributed by atoms with Crippen molar-refractivity contribution in [2.75, 3.05) is 14.7 Å². The first-order chi connectivity index (χ1) is 24.1. The lowest BCUT2D eigenvalue weighted by Crippen LogP contribution is -2.34. The van der Waals surface area contributed by atoms with Crippen LogP contribution in [0.3, 0.4) is 0 Å². The second-order valence-corrected chi connectivity index (χ2v) is 14.8. The summed E-state index contributed by atoms with van der Waals surface area (Å²) in [6, 6.07) is 34.5. The van der Waals surface area contributed by atoms with Crippen LogP contribution in [0.2, 0.25) is 0 Å². The average Bonchev–Trinajstić information content (AvgIpc) is 3.55. The maximum absolute atomic E-state index is 6.78. The van der Waals surface area contributed by atoms with Crippen molar-refractivity contribution >= 4 is 28.4 Å². The van der Waals surface area contributed by atoms with Gasteiger partial charge in [-0.2, -0.15) is 0 Å². The second-order valence-electron chi connectivity index (χ2n) is 14.8. The van der Waals surface area contributed by atoms with Gasteiger partial charge in [-0.3, -0.25) is 4.90 Å². The SMILES string of the molecule is CC(C)c1cccc(C(C)C)c1N1C=CN(c2c(C(C)C)cccc2C(C)C)[C]1c1cc2c3c(c1)Oc1ccccc1N3c1ccccc1O2. The molecule has 5 aromatic carbocycles. The molecule has 1 radical (unpaired) electrons. The van der Waals surface area contributed by atoms with Gasteiger partial charge in [-0.1, -0.05) is 116 Å². The Bertz CT molecular complexity index is 1930. The lowest BCUT2D eigenvalue weighted by atomic mass is 9.90. The molecule has 0 saturated heterocycles. The van der Waals surface area contributed by atoms with Crippen molar-refractivity contribution in [1.82, 2.24) is 0 Å². The third kappa shape index (κ3) is 5.05. The Labute approximate surface area is 297 Å². The molecule has 3 aliphatic heterocycles. The van der Waals surface area contributed by atoms with Crippen molar-refractivity contribution in [3.8, 4) is 23.0 Å². The number of nitrogens with zero attached hydrogens (tertiary/aromatic N) is 3. The first-order valence-corrected chi connectivity index (χ1v) is 18.1. The highest BCUT2D eigenvalue weighted by Gasteiger charge is 2.41. The Morgan fingerprint density at radius 2 is 0.800 bits per heavy atom. The van der Waals surface area contributed by atoms with Crippen LogP contribution in [0.5, 0.6) is 23.0 Å². The molecule has 253 valence electrons. The largest absolute Gasteiger partial charge is 0.453 e. The van der Waals surface area contributed by atoms with Crippen LogP contribution in [-0.2, 0) is 0 Å². The summed E-state index contributed by atoms with van der Waals surface area (Å²) in [4.78, 5) is 7.13. The predicted octanol–water partition coefficient (Wildman–Crippen LogP) is 13.2. The Morgan fingerprint density at radius 3 is 1.18 bits per heavy atom. The van der Waals surface area contributed by atoms with E-state index in [9.17, 15) is 0 Å². The summed E-state index contributed by atoms with van der Waals surface area (Å²) in [6.45, 7) is 18.3. The topological polar surface area (TPSA) is 28.2 Å². The summed E-state index contributed by atoms with van der Waals surface area (Å²) in [6.07, 6.45) is 5.58. The number of ether oxygens (including phenoxy) is 2. The van der Waals surface area contributed by atoms with Crippen LogP contribution in [-0.4, -0.2) is 0 Å². The molecule has 50 heavy (non-hydrogen) atoms. The number of fused-ring (bicyclic) bond motifs is 4. The van der Waals surface area contributed by atoms with Crippen molar-refractivity contribution in [1.29, 1.82) is 0 Å². The highest BCUT2D eigenvalue weighted by atomic mass is 16.5. The van der Waals surface area contributed by atoms with Crippen molar-refractivity contribution in [2.24, 2.45) is 0 Å². The van der Waals surface area contributed by atoms with Crippen LogP contribution < -0.4 is 24.2 Å². The maximum Gasteiger partial charge on any atom is 0.196 e. The normalized spacial score (nSPS) is 14.8. The molecule has 0 N–H and O–H groups in total. The number of rotatable bonds is 7.